The van der Waals surface area contributed by atoms with E-state index < -0.39 is 18.0 Å². The first kappa shape index (κ1) is 10.6. The van der Waals surface area contributed by atoms with E-state index in [2.05, 4.69) is 0 Å². The molecule has 0 heterocycles. The van der Waals surface area contributed by atoms with Crippen molar-refractivity contribution < 1.29 is 18.7 Å². The number of allylic oxidation sites excluding steroid dienone is 4. The molecule has 1 unspecified atom stereocenters. The summed E-state index contributed by atoms with van der Waals surface area (Å²) < 4.78 is 25.7. The third kappa shape index (κ3) is 2.28. The second kappa shape index (κ2) is 4.17. The number of alkyl halides is 1. The van der Waals surface area contributed by atoms with Crippen LogP contribution in [0.4, 0.5) is 8.78 Å². The van der Waals surface area contributed by atoms with Gasteiger partial charge >= 0.3 is 5.97 Å². The summed E-state index contributed by atoms with van der Waals surface area (Å²) in [6.45, 7) is 1.51. The lowest BCUT2D eigenvalue weighted by molar-refractivity contribution is -0.132. The standard InChI is InChI=1S/C10H10F2O2/c1-2-9(10(13)14)6-3-7(11)5-8(12)4-6/h2-4,7H,5H2,1H3,(H,13,14)/b9-2-. The molecule has 0 aromatic rings. The Morgan fingerprint density at radius 2 is 2.36 bits per heavy atom. The molecule has 0 fully saturated rings. The van der Waals surface area contributed by atoms with Gasteiger partial charge in [-0.2, -0.15) is 0 Å². The third-order valence-corrected chi connectivity index (χ3v) is 1.89. The lowest BCUT2D eigenvalue weighted by Gasteiger charge is -2.12. The lowest BCUT2D eigenvalue weighted by atomic mass is 9.98. The van der Waals surface area contributed by atoms with Crippen molar-refractivity contribution in [2.75, 3.05) is 0 Å². The zero-order valence-electron chi connectivity index (χ0n) is 7.63. The summed E-state index contributed by atoms with van der Waals surface area (Å²) in [4.78, 5) is 10.7. The van der Waals surface area contributed by atoms with Gasteiger partial charge in [-0.3, -0.25) is 0 Å². The van der Waals surface area contributed by atoms with E-state index in [1.54, 1.807) is 0 Å². The molecule has 1 rings (SSSR count). The van der Waals surface area contributed by atoms with Gasteiger partial charge < -0.3 is 5.11 Å². The van der Waals surface area contributed by atoms with Crippen molar-refractivity contribution in [2.45, 2.75) is 19.5 Å². The van der Waals surface area contributed by atoms with Crippen LogP contribution in [0.1, 0.15) is 13.3 Å². The van der Waals surface area contributed by atoms with Gasteiger partial charge in [0.2, 0.25) is 0 Å². The summed E-state index contributed by atoms with van der Waals surface area (Å²) in [5, 5.41) is 8.71. The molecule has 0 bridgehead atoms. The Labute approximate surface area is 80.2 Å². The molecule has 0 saturated carbocycles. The number of aliphatic carboxylic acids is 1. The van der Waals surface area contributed by atoms with Gasteiger partial charge in [-0.05, 0) is 24.6 Å². The summed E-state index contributed by atoms with van der Waals surface area (Å²) in [5.41, 5.74) is 0.0127. The summed E-state index contributed by atoms with van der Waals surface area (Å²) in [6, 6.07) is 0. The van der Waals surface area contributed by atoms with E-state index in [1.165, 1.54) is 13.0 Å². The smallest absolute Gasteiger partial charge is 0.335 e. The van der Waals surface area contributed by atoms with Crippen LogP contribution < -0.4 is 0 Å². The maximum Gasteiger partial charge on any atom is 0.335 e. The van der Waals surface area contributed by atoms with E-state index in [-0.39, 0.29) is 17.6 Å². The average Bonchev–Trinajstić information content (AvgIpc) is 2.02. The highest BCUT2D eigenvalue weighted by atomic mass is 19.1. The van der Waals surface area contributed by atoms with E-state index in [4.69, 9.17) is 5.11 Å². The minimum absolute atomic E-state index is 0.0810. The first-order chi connectivity index (χ1) is 6.54. The second-order valence-electron chi connectivity index (χ2n) is 2.94. The van der Waals surface area contributed by atoms with Crippen LogP contribution in [0, 0.1) is 0 Å². The van der Waals surface area contributed by atoms with Crippen LogP contribution in [0.15, 0.2) is 35.2 Å². The van der Waals surface area contributed by atoms with Crippen molar-refractivity contribution in [1.29, 1.82) is 0 Å². The fourth-order valence-electron chi connectivity index (χ4n) is 1.30. The number of carboxylic acid groups (broad SMARTS) is 1. The Kier molecular flexibility index (Phi) is 3.17. The molecular weight excluding hydrogens is 190 g/mol. The van der Waals surface area contributed by atoms with Crippen LogP contribution >= 0.6 is 0 Å². The van der Waals surface area contributed by atoms with Crippen LogP contribution in [-0.2, 0) is 4.79 Å². The molecule has 1 N–H and O–H groups in total. The summed E-state index contributed by atoms with van der Waals surface area (Å²) in [5.74, 6) is -1.81. The predicted molar refractivity (Wildman–Crippen MR) is 48.2 cm³/mol. The van der Waals surface area contributed by atoms with Crippen molar-refractivity contribution >= 4 is 5.97 Å². The zero-order valence-corrected chi connectivity index (χ0v) is 7.63. The first-order valence-electron chi connectivity index (χ1n) is 4.16. The van der Waals surface area contributed by atoms with Crippen molar-refractivity contribution in [3.05, 3.63) is 35.2 Å². The van der Waals surface area contributed by atoms with Crippen molar-refractivity contribution in [1.82, 2.24) is 0 Å². The summed E-state index contributed by atoms with van der Waals surface area (Å²) in [6.07, 6.45) is 1.74. The Bertz CT molecular complexity index is 340. The van der Waals surface area contributed by atoms with Gasteiger partial charge in [0.25, 0.3) is 0 Å². The van der Waals surface area contributed by atoms with Crippen LogP contribution in [0.25, 0.3) is 0 Å². The summed E-state index contributed by atoms with van der Waals surface area (Å²) >= 11 is 0. The molecule has 0 aliphatic heterocycles. The van der Waals surface area contributed by atoms with Crippen molar-refractivity contribution in [2.24, 2.45) is 0 Å². The monoisotopic (exact) mass is 200 g/mol. The molecule has 0 saturated heterocycles. The van der Waals surface area contributed by atoms with Gasteiger partial charge in [0.15, 0.2) is 0 Å². The van der Waals surface area contributed by atoms with Gasteiger partial charge in [0.1, 0.15) is 12.0 Å². The molecular formula is C10H10F2O2. The number of carboxylic acids is 1. The minimum atomic E-state index is -1.44. The molecule has 0 aromatic carbocycles. The fraction of sp³-hybridized carbons (Fsp3) is 0.300. The van der Waals surface area contributed by atoms with Gasteiger partial charge in [-0.15, -0.1) is 0 Å². The van der Waals surface area contributed by atoms with E-state index in [0.29, 0.717) is 0 Å². The quantitative estimate of drug-likeness (QED) is 0.695. The number of hydrogen-bond acceptors (Lipinski definition) is 1. The van der Waals surface area contributed by atoms with Gasteiger partial charge in [-0.1, -0.05) is 6.08 Å². The van der Waals surface area contributed by atoms with E-state index in [1.807, 2.05) is 0 Å². The van der Waals surface area contributed by atoms with Gasteiger partial charge in [0, 0.05) is 6.42 Å². The second-order valence-corrected chi connectivity index (χ2v) is 2.94. The summed E-state index contributed by atoms with van der Waals surface area (Å²) in [7, 11) is 0. The largest absolute Gasteiger partial charge is 0.478 e. The molecule has 76 valence electrons. The fourth-order valence-corrected chi connectivity index (χ4v) is 1.30. The van der Waals surface area contributed by atoms with Crippen LogP contribution in [0.3, 0.4) is 0 Å². The molecule has 1 atom stereocenters. The molecule has 0 radical (unpaired) electrons. The molecule has 0 spiro atoms. The van der Waals surface area contributed by atoms with Crippen LogP contribution in [-0.4, -0.2) is 17.2 Å². The molecule has 14 heavy (non-hydrogen) atoms. The topological polar surface area (TPSA) is 37.3 Å². The van der Waals surface area contributed by atoms with Crippen LogP contribution in [0.2, 0.25) is 0 Å². The number of hydrogen-bond donors (Lipinski definition) is 1. The van der Waals surface area contributed by atoms with Crippen molar-refractivity contribution in [3.63, 3.8) is 0 Å². The Balaban J connectivity index is 3.03. The highest BCUT2D eigenvalue weighted by Gasteiger charge is 2.19. The van der Waals surface area contributed by atoms with Gasteiger partial charge in [-0.25, -0.2) is 13.6 Å². The third-order valence-electron chi connectivity index (χ3n) is 1.89. The normalized spacial score (nSPS) is 22.8. The van der Waals surface area contributed by atoms with E-state index in [9.17, 15) is 13.6 Å². The molecule has 4 heteroatoms. The Morgan fingerprint density at radius 3 is 2.79 bits per heavy atom. The van der Waals surface area contributed by atoms with E-state index >= 15 is 0 Å². The van der Waals surface area contributed by atoms with E-state index in [0.717, 1.165) is 12.2 Å². The minimum Gasteiger partial charge on any atom is -0.478 e. The molecule has 1 aliphatic rings. The maximum atomic E-state index is 12.9. The highest BCUT2D eigenvalue weighted by Crippen LogP contribution is 2.25. The maximum absolute atomic E-state index is 12.9. The molecule has 0 aromatic heterocycles. The van der Waals surface area contributed by atoms with Crippen LogP contribution in [0.5, 0.6) is 0 Å². The predicted octanol–water partition coefficient (Wildman–Crippen LogP) is 2.54. The molecule has 2 nitrogen and oxygen atoms in total. The molecule has 1 aliphatic carbocycles. The average molecular weight is 200 g/mol. The molecule has 0 amide bonds. The number of rotatable bonds is 2. The number of carbonyl (C=O) groups is 1. The lowest BCUT2D eigenvalue weighted by Crippen LogP contribution is -2.09. The van der Waals surface area contributed by atoms with Gasteiger partial charge in [0.05, 0.1) is 5.57 Å². The Morgan fingerprint density at radius 1 is 1.71 bits per heavy atom. The van der Waals surface area contributed by atoms with Crippen molar-refractivity contribution in [3.8, 4) is 0 Å². The highest BCUT2D eigenvalue weighted by molar-refractivity contribution is 5.92. The SMILES string of the molecule is C/C=C(\C(=O)O)C1=CC(F)CC(F)=C1. The first-order valence-corrected chi connectivity index (χ1v) is 4.16. The zero-order chi connectivity index (χ0) is 10.7. The Hall–Kier alpha value is -1.45. The number of halogens is 2.